The number of methoxy groups -OCH3 is 1. The summed E-state index contributed by atoms with van der Waals surface area (Å²) in [4.78, 5) is 0. The van der Waals surface area contributed by atoms with Crippen molar-refractivity contribution in [3.63, 3.8) is 0 Å². The molecular weight excluding hydrogens is 266 g/mol. The van der Waals surface area contributed by atoms with Gasteiger partial charge < -0.3 is 10.1 Å². The zero-order chi connectivity index (χ0) is 11.4. The molecule has 0 saturated carbocycles. The van der Waals surface area contributed by atoms with Gasteiger partial charge in [-0.05, 0) is 34.5 Å². The van der Waals surface area contributed by atoms with Gasteiger partial charge in [0.1, 0.15) is 5.75 Å². The Morgan fingerprint density at radius 2 is 1.88 bits per heavy atom. The van der Waals surface area contributed by atoms with Gasteiger partial charge in [-0.2, -0.15) is 0 Å². The fraction of sp³-hybridized carbons (Fsp3) is 0.231. The molecule has 2 aromatic carbocycles. The lowest BCUT2D eigenvalue weighted by Crippen LogP contribution is -2.09. The summed E-state index contributed by atoms with van der Waals surface area (Å²) in [6.07, 6.45) is 0. The molecule has 0 aliphatic heterocycles. The summed E-state index contributed by atoms with van der Waals surface area (Å²) in [6.45, 7) is 0.882. The smallest absolute Gasteiger partial charge is 0.119 e. The van der Waals surface area contributed by atoms with E-state index < -0.39 is 0 Å². The van der Waals surface area contributed by atoms with Gasteiger partial charge in [-0.1, -0.05) is 34.1 Å². The zero-order valence-electron chi connectivity index (χ0n) is 9.16. The first kappa shape index (κ1) is 11.4. The van der Waals surface area contributed by atoms with Gasteiger partial charge in [0, 0.05) is 6.54 Å². The minimum Gasteiger partial charge on any atom is -0.497 e. The quantitative estimate of drug-likeness (QED) is 0.685. The number of benzene rings is 2. The molecule has 0 spiro atoms. The average Bonchev–Trinajstić information content (AvgIpc) is 2.35. The lowest BCUT2D eigenvalue weighted by atomic mass is 10.1. The molecule has 2 rings (SSSR count). The Morgan fingerprint density at radius 1 is 1.12 bits per heavy atom. The number of fused-ring (bicyclic) bond motifs is 1. The molecule has 1 N–H and O–H groups in total. The van der Waals surface area contributed by atoms with Gasteiger partial charge in [0.25, 0.3) is 0 Å². The first-order valence-electron chi connectivity index (χ1n) is 5.17. The first-order chi connectivity index (χ1) is 7.83. The summed E-state index contributed by atoms with van der Waals surface area (Å²) in [6, 6.07) is 12.6. The largest absolute Gasteiger partial charge is 0.497 e. The van der Waals surface area contributed by atoms with Crippen molar-refractivity contribution in [3.8, 4) is 5.75 Å². The number of hydrogen-bond acceptors (Lipinski definition) is 2. The summed E-state index contributed by atoms with van der Waals surface area (Å²) in [7, 11) is 1.69. The van der Waals surface area contributed by atoms with Crippen molar-refractivity contribution >= 4 is 26.7 Å². The number of alkyl halides is 1. The highest BCUT2D eigenvalue weighted by atomic mass is 79.9. The molecule has 3 heteroatoms. The fourth-order valence-electron chi connectivity index (χ4n) is 1.70. The van der Waals surface area contributed by atoms with Gasteiger partial charge in [0.2, 0.25) is 0 Å². The molecule has 0 amide bonds. The monoisotopic (exact) mass is 279 g/mol. The summed E-state index contributed by atoms with van der Waals surface area (Å²) in [5.74, 6) is 0.902. The van der Waals surface area contributed by atoms with E-state index in [0.29, 0.717) is 0 Å². The number of ether oxygens (including phenoxy) is 1. The van der Waals surface area contributed by atoms with Crippen LogP contribution in [-0.4, -0.2) is 12.6 Å². The topological polar surface area (TPSA) is 21.3 Å². The lowest BCUT2D eigenvalue weighted by molar-refractivity contribution is 0.415. The van der Waals surface area contributed by atoms with E-state index in [1.54, 1.807) is 7.11 Å². The van der Waals surface area contributed by atoms with Crippen molar-refractivity contribution in [2.45, 2.75) is 6.54 Å². The van der Waals surface area contributed by atoms with Gasteiger partial charge in [-0.25, -0.2) is 0 Å². The van der Waals surface area contributed by atoms with Crippen LogP contribution in [0.4, 0.5) is 0 Å². The standard InChI is InChI=1S/C13H14BrNO/c1-16-13-5-4-11-6-10(8-15-9-14)2-3-12(11)7-13/h2-7,15H,8-9H2,1H3. The average molecular weight is 280 g/mol. The first-order valence-corrected chi connectivity index (χ1v) is 6.29. The van der Waals surface area contributed by atoms with Crippen LogP contribution in [0.15, 0.2) is 36.4 Å². The molecule has 0 bridgehead atoms. The second-order valence-electron chi connectivity index (χ2n) is 3.61. The van der Waals surface area contributed by atoms with Crippen LogP contribution in [-0.2, 0) is 6.54 Å². The van der Waals surface area contributed by atoms with E-state index in [0.717, 1.165) is 17.7 Å². The Balaban J connectivity index is 2.32. The molecule has 2 aromatic rings. The van der Waals surface area contributed by atoms with Gasteiger partial charge in [-0.3, -0.25) is 0 Å². The molecule has 0 radical (unpaired) electrons. The van der Waals surface area contributed by atoms with Crippen LogP contribution in [0.1, 0.15) is 5.56 Å². The van der Waals surface area contributed by atoms with Crippen LogP contribution in [0.2, 0.25) is 0 Å². The molecule has 0 heterocycles. The van der Waals surface area contributed by atoms with Crippen LogP contribution in [0.25, 0.3) is 10.8 Å². The van der Waals surface area contributed by atoms with Crippen molar-refractivity contribution in [3.05, 3.63) is 42.0 Å². The van der Waals surface area contributed by atoms with Gasteiger partial charge in [0.15, 0.2) is 0 Å². The Bertz CT molecular complexity index is 484. The molecule has 0 fully saturated rings. The predicted molar refractivity (Wildman–Crippen MR) is 71.1 cm³/mol. The lowest BCUT2D eigenvalue weighted by Gasteiger charge is -2.05. The highest BCUT2D eigenvalue weighted by Gasteiger charge is 1.98. The van der Waals surface area contributed by atoms with E-state index in [4.69, 9.17) is 4.74 Å². The molecule has 84 valence electrons. The Hall–Kier alpha value is -1.06. The van der Waals surface area contributed by atoms with E-state index in [2.05, 4.69) is 51.6 Å². The highest BCUT2D eigenvalue weighted by Crippen LogP contribution is 2.21. The molecule has 0 unspecified atom stereocenters. The molecule has 16 heavy (non-hydrogen) atoms. The van der Waals surface area contributed by atoms with Crippen molar-refractivity contribution in [1.82, 2.24) is 5.32 Å². The molecule has 0 atom stereocenters. The summed E-state index contributed by atoms with van der Waals surface area (Å²) in [5.41, 5.74) is 2.10. The van der Waals surface area contributed by atoms with Crippen molar-refractivity contribution in [2.24, 2.45) is 0 Å². The van der Waals surface area contributed by atoms with Crippen LogP contribution >= 0.6 is 15.9 Å². The van der Waals surface area contributed by atoms with Crippen LogP contribution in [0.3, 0.4) is 0 Å². The molecule has 2 nitrogen and oxygen atoms in total. The predicted octanol–water partition coefficient (Wildman–Crippen LogP) is 3.29. The third-order valence-electron chi connectivity index (χ3n) is 2.54. The Labute approximate surface area is 104 Å². The van der Waals surface area contributed by atoms with Crippen molar-refractivity contribution in [2.75, 3.05) is 12.6 Å². The van der Waals surface area contributed by atoms with E-state index in [-0.39, 0.29) is 0 Å². The van der Waals surface area contributed by atoms with Crippen molar-refractivity contribution < 1.29 is 4.74 Å². The van der Waals surface area contributed by atoms with Crippen LogP contribution < -0.4 is 10.1 Å². The minimum atomic E-state index is 0.813. The molecule has 0 aliphatic rings. The maximum absolute atomic E-state index is 5.20. The summed E-state index contributed by atoms with van der Waals surface area (Å²) >= 11 is 3.35. The second kappa shape index (κ2) is 5.32. The molecule has 0 aliphatic carbocycles. The highest BCUT2D eigenvalue weighted by molar-refractivity contribution is 9.09. The van der Waals surface area contributed by atoms with E-state index in [1.807, 2.05) is 6.07 Å². The van der Waals surface area contributed by atoms with Crippen LogP contribution in [0, 0.1) is 0 Å². The molecule has 0 aromatic heterocycles. The fourth-order valence-corrected chi connectivity index (χ4v) is 1.90. The molecule has 0 saturated heterocycles. The summed E-state index contributed by atoms with van der Waals surface area (Å²) in [5, 5.41) is 5.70. The maximum atomic E-state index is 5.20. The number of halogens is 1. The van der Waals surface area contributed by atoms with Gasteiger partial charge in [-0.15, -0.1) is 0 Å². The summed E-state index contributed by atoms with van der Waals surface area (Å²) < 4.78 is 5.20. The van der Waals surface area contributed by atoms with Gasteiger partial charge in [0.05, 0.1) is 12.6 Å². The normalized spacial score (nSPS) is 10.6. The zero-order valence-corrected chi connectivity index (χ0v) is 10.8. The minimum absolute atomic E-state index is 0.813. The Morgan fingerprint density at radius 3 is 2.62 bits per heavy atom. The second-order valence-corrected chi connectivity index (χ2v) is 4.17. The third kappa shape index (κ3) is 2.54. The Kier molecular flexibility index (Phi) is 3.80. The maximum Gasteiger partial charge on any atom is 0.119 e. The number of hydrogen-bond donors (Lipinski definition) is 1. The van der Waals surface area contributed by atoms with E-state index >= 15 is 0 Å². The van der Waals surface area contributed by atoms with E-state index in [9.17, 15) is 0 Å². The van der Waals surface area contributed by atoms with Crippen molar-refractivity contribution in [1.29, 1.82) is 0 Å². The number of nitrogens with one attached hydrogen (secondary N) is 1. The van der Waals surface area contributed by atoms with Gasteiger partial charge >= 0.3 is 0 Å². The SMILES string of the molecule is COc1ccc2cc(CNCBr)ccc2c1. The third-order valence-corrected chi connectivity index (χ3v) is 2.93. The molecular formula is C13H14BrNO. The van der Waals surface area contributed by atoms with Crippen LogP contribution in [0.5, 0.6) is 5.75 Å². The number of rotatable bonds is 4. The van der Waals surface area contributed by atoms with E-state index in [1.165, 1.54) is 16.3 Å².